The van der Waals surface area contributed by atoms with Gasteiger partial charge in [0.05, 0.1) is 22.8 Å². The molecule has 2 aromatic carbocycles. The third kappa shape index (κ3) is 2.76. The first kappa shape index (κ1) is 18.1. The molecule has 1 heterocycles. The van der Waals surface area contributed by atoms with Gasteiger partial charge >= 0.3 is 0 Å². The fraction of sp³-hybridized carbons (Fsp3) is 0.316. The van der Waals surface area contributed by atoms with Gasteiger partial charge in [-0.25, -0.2) is 8.42 Å². The molecule has 4 rings (SSSR count). The van der Waals surface area contributed by atoms with Crippen LogP contribution < -0.4 is 9.47 Å². The van der Waals surface area contributed by atoms with Crippen molar-refractivity contribution in [1.82, 2.24) is 0 Å². The summed E-state index contributed by atoms with van der Waals surface area (Å²) in [5.41, 5.74) is -0.457. The molecule has 0 bridgehead atoms. The van der Waals surface area contributed by atoms with Crippen molar-refractivity contribution in [2.45, 2.75) is 16.1 Å². The van der Waals surface area contributed by atoms with Crippen LogP contribution in [-0.4, -0.2) is 34.2 Å². The highest BCUT2D eigenvalue weighted by Gasteiger charge is 2.72. The monoisotopic (exact) mass is 405 g/mol. The molecular formula is C19H16ClNO5S. The van der Waals surface area contributed by atoms with Crippen LogP contribution >= 0.6 is 11.6 Å². The Kier molecular flexibility index (Phi) is 4.30. The average Bonchev–Trinajstić information content (AvgIpc) is 3.10. The quantitative estimate of drug-likeness (QED) is 0.759. The maximum atomic E-state index is 13.3. The van der Waals surface area contributed by atoms with Gasteiger partial charge in [0.25, 0.3) is 0 Å². The number of hydrogen-bond acceptors (Lipinski definition) is 6. The lowest BCUT2D eigenvalue weighted by molar-refractivity contribution is 0.162. The number of fused-ring (bicyclic) bond motifs is 1. The van der Waals surface area contributed by atoms with E-state index in [1.54, 1.807) is 18.2 Å². The normalized spacial score (nSPS) is 25.8. The molecule has 6 nitrogen and oxygen atoms in total. The fourth-order valence-corrected chi connectivity index (χ4v) is 6.22. The van der Waals surface area contributed by atoms with Gasteiger partial charge in [-0.05, 0) is 42.0 Å². The molecule has 1 aliphatic heterocycles. The second-order valence-electron chi connectivity index (χ2n) is 6.60. The molecule has 140 valence electrons. The number of nitriles is 1. The van der Waals surface area contributed by atoms with Crippen LogP contribution in [0.1, 0.15) is 11.5 Å². The van der Waals surface area contributed by atoms with E-state index >= 15 is 0 Å². The summed E-state index contributed by atoms with van der Waals surface area (Å²) in [5.74, 6) is 0.620. The summed E-state index contributed by atoms with van der Waals surface area (Å²) >= 11 is 5.88. The summed E-state index contributed by atoms with van der Waals surface area (Å²) in [6.07, 6.45) is 0. The first-order chi connectivity index (χ1) is 12.9. The predicted octanol–water partition coefficient (Wildman–Crippen LogP) is 3.16. The number of nitrogens with zero attached hydrogens (tertiary/aromatic N) is 1. The highest BCUT2D eigenvalue weighted by molar-refractivity contribution is 7.92. The number of benzene rings is 2. The molecule has 8 heteroatoms. The van der Waals surface area contributed by atoms with Gasteiger partial charge in [-0.3, -0.25) is 0 Å². The SMILES string of the molecule is COC[C@@]1(C#N)[C@H](S(=O)(=O)c2ccc(Cl)cc2)[C@@H]1c1ccc2c(c1)OCO2. The van der Waals surface area contributed by atoms with E-state index in [-0.39, 0.29) is 18.3 Å². The van der Waals surface area contributed by atoms with Crippen LogP contribution in [0.4, 0.5) is 0 Å². The molecule has 0 saturated heterocycles. The predicted molar refractivity (Wildman–Crippen MR) is 97.7 cm³/mol. The number of sulfone groups is 1. The molecule has 1 saturated carbocycles. The van der Waals surface area contributed by atoms with Gasteiger partial charge in [-0.2, -0.15) is 5.26 Å². The van der Waals surface area contributed by atoms with E-state index in [1.165, 1.54) is 31.4 Å². The van der Waals surface area contributed by atoms with E-state index in [9.17, 15) is 13.7 Å². The molecule has 0 amide bonds. The van der Waals surface area contributed by atoms with Crippen LogP contribution in [-0.2, 0) is 14.6 Å². The maximum Gasteiger partial charge on any atom is 0.231 e. The third-order valence-corrected chi connectivity index (χ3v) is 7.62. The summed E-state index contributed by atoms with van der Waals surface area (Å²) in [4.78, 5) is 0.135. The molecule has 1 aliphatic carbocycles. The summed E-state index contributed by atoms with van der Waals surface area (Å²) in [6, 6.07) is 13.4. The highest BCUT2D eigenvalue weighted by atomic mass is 35.5. The molecule has 2 aromatic rings. The van der Waals surface area contributed by atoms with Gasteiger partial charge in [0.1, 0.15) is 5.41 Å². The zero-order chi connectivity index (χ0) is 19.2. The van der Waals surface area contributed by atoms with E-state index in [0.717, 1.165) is 0 Å². The maximum absolute atomic E-state index is 13.3. The van der Waals surface area contributed by atoms with Crippen molar-refractivity contribution in [3.63, 3.8) is 0 Å². The molecule has 0 unspecified atom stereocenters. The minimum atomic E-state index is -3.77. The zero-order valence-corrected chi connectivity index (χ0v) is 16.0. The van der Waals surface area contributed by atoms with Gasteiger partial charge in [0.15, 0.2) is 21.3 Å². The minimum Gasteiger partial charge on any atom is -0.454 e. The van der Waals surface area contributed by atoms with Crippen molar-refractivity contribution in [2.75, 3.05) is 20.5 Å². The van der Waals surface area contributed by atoms with Crippen molar-refractivity contribution >= 4 is 21.4 Å². The van der Waals surface area contributed by atoms with Gasteiger partial charge in [-0.15, -0.1) is 0 Å². The standard InChI is InChI=1S/C19H16ClNO5S/c1-24-10-19(9-21)17(12-2-7-15-16(8-12)26-11-25-15)18(19)27(22,23)14-5-3-13(20)4-6-14/h2-8,17-18H,10-11H2,1H3/t17-,18+,19+/m0/s1. The van der Waals surface area contributed by atoms with E-state index < -0.39 is 26.4 Å². The average molecular weight is 406 g/mol. The largest absolute Gasteiger partial charge is 0.454 e. The third-order valence-electron chi connectivity index (χ3n) is 5.08. The zero-order valence-electron chi connectivity index (χ0n) is 14.4. The topological polar surface area (TPSA) is 85.6 Å². The van der Waals surface area contributed by atoms with Crippen molar-refractivity contribution in [2.24, 2.45) is 5.41 Å². The van der Waals surface area contributed by atoms with E-state index in [0.29, 0.717) is 22.1 Å². The Morgan fingerprint density at radius 3 is 2.59 bits per heavy atom. The van der Waals surface area contributed by atoms with Gasteiger partial charge in [0, 0.05) is 18.1 Å². The first-order valence-corrected chi connectivity index (χ1v) is 10.2. The molecule has 1 fully saturated rings. The van der Waals surface area contributed by atoms with E-state index in [4.69, 9.17) is 25.8 Å². The lowest BCUT2D eigenvalue weighted by Gasteiger charge is -2.08. The summed E-state index contributed by atoms with van der Waals surface area (Å²) in [7, 11) is -2.31. The lowest BCUT2D eigenvalue weighted by atomic mass is 10.0. The number of halogens is 1. The second kappa shape index (κ2) is 6.41. The molecule has 0 radical (unpaired) electrons. The number of ether oxygens (including phenoxy) is 3. The Balaban J connectivity index is 1.78. The lowest BCUT2D eigenvalue weighted by Crippen LogP contribution is -2.19. The molecule has 2 aliphatic rings. The smallest absolute Gasteiger partial charge is 0.231 e. The Labute approximate surface area is 162 Å². The Morgan fingerprint density at radius 1 is 1.22 bits per heavy atom. The second-order valence-corrected chi connectivity index (χ2v) is 9.10. The number of methoxy groups -OCH3 is 1. The minimum absolute atomic E-state index is 0.0140. The summed E-state index contributed by atoms with van der Waals surface area (Å²) < 4.78 is 42.5. The van der Waals surface area contributed by atoms with Crippen LogP contribution in [0, 0.1) is 16.7 Å². The van der Waals surface area contributed by atoms with Crippen LogP contribution in [0.25, 0.3) is 0 Å². The fourth-order valence-electron chi connectivity index (χ4n) is 3.79. The number of hydrogen-bond donors (Lipinski definition) is 0. The highest BCUT2D eigenvalue weighted by Crippen LogP contribution is 2.64. The van der Waals surface area contributed by atoms with Gasteiger partial charge in [0.2, 0.25) is 6.79 Å². The molecular weight excluding hydrogens is 390 g/mol. The Morgan fingerprint density at radius 2 is 1.93 bits per heavy atom. The first-order valence-electron chi connectivity index (χ1n) is 8.23. The summed E-state index contributed by atoms with van der Waals surface area (Å²) in [5, 5.41) is 9.39. The van der Waals surface area contributed by atoms with Crippen LogP contribution in [0.15, 0.2) is 47.4 Å². The van der Waals surface area contributed by atoms with Crippen molar-refractivity contribution in [3.05, 3.63) is 53.1 Å². The van der Waals surface area contributed by atoms with Crippen LogP contribution in [0.2, 0.25) is 5.02 Å². The Hall–Kier alpha value is -2.27. The molecule has 3 atom stereocenters. The van der Waals surface area contributed by atoms with Crippen LogP contribution in [0.5, 0.6) is 11.5 Å². The molecule has 0 N–H and O–H groups in total. The van der Waals surface area contributed by atoms with Gasteiger partial charge < -0.3 is 14.2 Å². The summed E-state index contributed by atoms with van der Waals surface area (Å²) in [6.45, 7) is 0.136. The van der Waals surface area contributed by atoms with Crippen molar-refractivity contribution < 1.29 is 22.6 Å². The van der Waals surface area contributed by atoms with Crippen molar-refractivity contribution in [3.8, 4) is 17.6 Å². The van der Waals surface area contributed by atoms with Crippen LogP contribution in [0.3, 0.4) is 0 Å². The van der Waals surface area contributed by atoms with Gasteiger partial charge in [-0.1, -0.05) is 17.7 Å². The molecule has 27 heavy (non-hydrogen) atoms. The van der Waals surface area contributed by atoms with E-state index in [1.807, 2.05) is 0 Å². The Bertz CT molecular complexity index is 1030. The van der Waals surface area contributed by atoms with Crippen molar-refractivity contribution in [1.29, 1.82) is 5.26 Å². The molecule has 0 spiro atoms. The molecule has 0 aromatic heterocycles. The van der Waals surface area contributed by atoms with E-state index in [2.05, 4.69) is 6.07 Å². The number of rotatable bonds is 5.